The lowest BCUT2D eigenvalue weighted by molar-refractivity contribution is -0.378. The van der Waals surface area contributed by atoms with Gasteiger partial charge in [-0.3, -0.25) is 9.59 Å². The third-order valence-electron chi connectivity index (χ3n) is 5.33. The molecule has 3 aromatic rings. The summed E-state index contributed by atoms with van der Waals surface area (Å²) in [6.45, 7) is 1.89. The minimum atomic E-state index is -0.940. The van der Waals surface area contributed by atoms with E-state index in [2.05, 4.69) is 4.98 Å². The Kier molecular flexibility index (Phi) is 5.68. The highest BCUT2D eigenvalue weighted by molar-refractivity contribution is 6.46. The lowest BCUT2D eigenvalue weighted by atomic mass is 9.99. The highest BCUT2D eigenvalue weighted by atomic mass is 16.5. The van der Waals surface area contributed by atoms with Crippen LogP contribution in [0.2, 0.25) is 0 Å². The summed E-state index contributed by atoms with van der Waals surface area (Å²) in [5, 5.41) is 13.5. The van der Waals surface area contributed by atoms with Crippen molar-refractivity contribution in [3.63, 3.8) is 0 Å². The first kappa shape index (κ1) is 21.2. The van der Waals surface area contributed by atoms with E-state index in [9.17, 15) is 14.7 Å². The predicted octanol–water partition coefficient (Wildman–Crippen LogP) is 1.84. The number of methoxy groups -OCH3 is 2. The number of furan rings is 1. The molecule has 1 saturated heterocycles. The minimum Gasteiger partial charge on any atom is -0.872 e. The number of carbonyl (C=O) groups is 2. The van der Waals surface area contributed by atoms with Crippen LogP contribution in [-0.2, 0) is 16.1 Å². The fourth-order valence-corrected chi connectivity index (χ4v) is 3.79. The average Bonchev–Trinajstić information content (AvgIpc) is 3.35. The van der Waals surface area contributed by atoms with E-state index in [-0.39, 0.29) is 17.7 Å². The molecule has 2 aromatic heterocycles. The van der Waals surface area contributed by atoms with E-state index < -0.39 is 23.5 Å². The van der Waals surface area contributed by atoms with Crippen LogP contribution >= 0.6 is 0 Å². The van der Waals surface area contributed by atoms with Crippen molar-refractivity contribution >= 4 is 17.4 Å². The van der Waals surface area contributed by atoms with Crippen LogP contribution in [0, 0.1) is 6.92 Å². The number of Topliss-reactive ketones (excluding diaryl/α,β-unsaturated/α-hetero) is 1. The van der Waals surface area contributed by atoms with Crippen molar-refractivity contribution in [2.45, 2.75) is 19.5 Å². The number of amides is 1. The van der Waals surface area contributed by atoms with Gasteiger partial charge in [0.25, 0.3) is 5.91 Å². The zero-order chi connectivity index (χ0) is 22.8. The summed E-state index contributed by atoms with van der Waals surface area (Å²) in [4.78, 5) is 30.3. The molecule has 8 heteroatoms. The van der Waals surface area contributed by atoms with Crippen LogP contribution in [0.15, 0.2) is 64.8 Å². The van der Waals surface area contributed by atoms with Crippen LogP contribution in [-0.4, -0.2) is 30.8 Å². The van der Waals surface area contributed by atoms with Gasteiger partial charge in [-0.1, -0.05) is 11.8 Å². The standard InChI is InChI=1S/C24H22N2O6/c1-14-6-8-18(32-14)21-20(22(27)16-7-9-17(30-2)19(11-16)31-3)23(28)24(29)26(21)13-15-5-4-10-25-12-15/h4-12,21,27H,13H2,1-3H3. The smallest absolute Gasteiger partial charge is 0.295 e. The lowest BCUT2D eigenvalue weighted by Gasteiger charge is -2.25. The Morgan fingerprint density at radius 3 is 2.53 bits per heavy atom. The average molecular weight is 434 g/mol. The van der Waals surface area contributed by atoms with E-state index in [1.807, 2.05) is 6.07 Å². The van der Waals surface area contributed by atoms with Crippen molar-refractivity contribution in [2.24, 2.45) is 0 Å². The van der Waals surface area contributed by atoms with Crippen LogP contribution < -0.4 is 19.6 Å². The maximum atomic E-state index is 13.5. The van der Waals surface area contributed by atoms with Gasteiger partial charge in [-0.15, -0.1) is 0 Å². The molecule has 0 aliphatic carbocycles. The van der Waals surface area contributed by atoms with Gasteiger partial charge in [0, 0.05) is 17.2 Å². The fourth-order valence-electron chi connectivity index (χ4n) is 3.79. The van der Waals surface area contributed by atoms with E-state index in [4.69, 9.17) is 13.9 Å². The molecule has 3 heterocycles. The van der Waals surface area contributed by atoms with Crippen LogP contribution in [0.5, 0.6) is 11.5 Å². The van der Waals surface area contributed by atoms with E-state index in [1.54, 1.807) is 43.6 Å². The van der Waals surface area contributed by atoms with Gasteiger partial charge in [0.15, 0.2) is 23.9 Å². The van der Waals surface area contributed by atoms with Crippen LogP contribution in [0.1, 0.15) is 28.7 Å². The quantitative estimate of drug-likeness (QED) is 0.333. The fraction of sp³-hybridized carbons (Fsp3) is 0.208. The maximum absolute atomic E-state index is 13.5. The van der Waals surface area contributed by atoms with E-state index in [0.717, 1.165) is 5.56 Å². The first-order valence-corrected chi connectivity index (χ1v) is 9.94. The van der Waals surface area contributed by atoms with Crippen LogP contribution in [0.4, 0.5) is 0 Å². The first-order chi connectivity index (χ1) is 15.4. The summed E-state index contributed by atoms with van der Waals surface area (Å²) in [5.74, 6) is -0.407. The van der Waals surface area contributed by atoms with E-state index in [0.29, 0.717) is 23.0 Å². The van der Waals surface area contributed by atoms with Crippen LogP contribution in [0.25, 0.3) is 5.76 Å². The van der Waals surface area contributed by atoms with Crippen molar-refractivity contribution in [2.75, 3.05) is 14.2 Å². The topological polar surface area (TPSA) is 106 Å². The zero-order valence-electron chi connectivity index (χ0n) is 17.9. The normalized spacial score (nSPS) is 17.6. The van der Waals surface area contributed by atoms with Gasteiger partial charge < -0.3 is 23.9 Å². The molecule has 1 unspecified atom stereocenters. The number of ether oxygens (including phenoxy) is 2. The number of pyridine rings is 1. The predicted molar refractivity (Wildman–Crippen MR) is 111 cm³/mol. The molecule has 8 nitrogen and oxygen atoms in total. The zero-order valence-corrected chi connectivity index (χ0v) is 17.9. The Morgan fingerprint density at radius 2 is 1.91 bits per heavy atom. The summed E-state index contributed by atoms with van der Waals surface area (Å²) in [5.41, 5.74) is 0.834. The van der Waals surface area contributed by atoms with Gasteiger partial charge >= 0.3 is 0 Å². The van der Waals surface area contributed by atoms with Crippen molar-refractivity contribution < 1.29 is 33.6 Å². The Morgan fingerprint density at radius 1 is 1.12 bits per heavy atom. The van der Waals surface area contributed by atoms with Crippen LogP contribution in [0.3, 0.4) is 0 Å². The number of nitrogens with one attached hydrogen (secondary N) is 1. The molecule has 1 amide bonds. The second-order valence-corrected chi connectivity index (χ2v) is 7.34. The van der Waals surface area contributed by atoms with Crippen molar-refractivity contribution in [1.82, 2.24) is 4.90 Å². The summed E-state index contributed by atoms with van der Waals surface area (Å²) < 4.78 is 16.3. The number of aromatic nitrogens is 1. The maximum Gasteiger partial charge on any atom is 0.295 e. The number of rotatable bonds is 6. The monoisotopic (exact) mass is 434 g/mol. The van der Waals surface area contributed by atoms with Gasteiger partial charge in [0.05, 0.1) is 20.8 Å². The summed E-state index contributed by atoms with van der Waals surface area (Å²) >= 11 is 0. The molecule has 1 aromatic carbocycles. The molecule has 1 N–H and O–H groups in total. The molecule has 164 valence electrons. The molecule has 1 aliphatic rings. The second kappa shape index (κ2) is 8.58. The number of hydrogen-bond donors (Lipinski definition) is 0. The molecule has 1 atom stereocenters. The van der Waals surface area contributed by atoms with Gasteiger partial charge in [0.1, 0.15) is 17.6 Å². The number of aryl methyl sites for hydroxylation is 1. The highest BCUT2D eigenvalue weighted by Gasteiger charge is 2.45. The number of aromatic amines is 1. The molecule has 4 rings (SSSR count). The van der Waals surface area contributed by atoms with Gasteiger partial charge in [0.2, 0.25) is 5.78 Å². The number of benzene rings is 1. The van der Waals surface area contributed by atoms with Crippen molar-refractivity contribution in [1.29, 1.82) is 0 Å². The largest absolute Gasteiger partial charge is 0.872 e. The summed E-state index contributed by atoms with van der Waals surface area (Å²) in [6.07, 6.45) is 3.47. The number of nitrogens with zero attached hydrogens (tertiary/aromatic N) is 1. The highest BCUT2D eigenvalue weighted by Crippen LogP contribution is 2.41. The third kappa shape index (κ3) is 3.71. The number of ketones is 1. The molecule has 0 bridgehead atoms. The first-order valence-electron chi connectivity index (χ1n) is 9.94. The third-order valence-corrected chi connectivity index (χ3v) is 5.33. The Bertz CT molecular complexity index is 1200. The van der Waals surface area contributed by atoms with Gasteiger partial charge in [-0.05, 0) is 42.8 Å². The minimum absolute atomic E-state index is 0.134. The number of likely N-dealkylation sites (tertiary alicyclic amines) is 1. The van der Waals surface area contributed by atoms with Gasteiger partial charge in [-0.25, -0.2) is 4.98 Å². The molecule has 0 radical (unpaired) electrons. The van der Waals surface area contributed by atoms with E-state index in [1.165, 1.54) is 31.3 Å². The SMILES string of the molecule is COc1ccc(C([O-])=C2C(=O)C(=O)N(Cc3ccc[nH+]c3)C2c2ccc(C)o2)cc1OC. The summed E-state index contributed by atoms with van der Waals surface area (Å²) in [7, 11) is 2.94. The molecule has 0 saturated carbocycles. The molecule has 1 fully saturated rings. The van der Waals surface area contributed by atoms with Crippen molar-refractivity contribution in [3.05, 3.63) is 83.1 Å². The van der Waals surface area contributed by atoms with Crippen molar-refractivity contribution in [3.8, 4) is 11.5 Å². The Labute approximate surface area is 184 Å². The molecular formula is C24H22N2O6. The second-order valence-electron chi connectivity index (χ2n) is 7.34. The number of carbonyl (C=O) groups excluding carboxylic acids is 2. The Hall–Kier alpha value is -4.07. The molecular weight excluding hydrogens is 412 g/mol. The Balaban J connectivity index is 1.85. The number of H-pyrrole nitrogens is 1. The summed E-state index contributed by atoms with van der Waals surface area (Å²) in [6, 6.07) is 10.7. The van der Waals surface area contributed by atoms with Gasteiger partial charge in [-0.2, -0.15) is 0 Å². The molecule has 1 aliphatic heterocycles. The lowest BCUT2D eigenvalue weighted by Crippen LogP contribution is -2.29. The molecule has 0 spiro atoms. The molecule has 32 heavy (non-hydrogen) atoms. The van der Waals surface area contributed by atoms with E-state index >= 15 is 0 Å². The number of hydrogen-bond acceptors (Lipinski definition) is 6.